The highest BCUT2D eigenvalue weighted by molar-refractivity contribution is 5.34. The normalized spacial score (nSPS) is 7.55. The number of halogens is 1. The number of nitrogens with one attached hydrogen (secondary N) is 1. The van der Waals surface area contributed by atoms with Crippen LogP contribution in [0.3, 0.4) is 0 Å². The van der Waals surface area contributed by atoms with E-state index in [1.165, 1.54) is 6.20 Å². The second-order valence-corrected chi connectivity index (χ2v) is 1.78. The Morgan fingerprint density at radius 3 is 2.55 bits per heavy atom. The Balaban J connectivity index is 3.58. The fraction of sp³-hybridized carbons (Fsp3) is 0.429. The highest BCUT2D eigenvalue weighted by atomic mass is 19.1. The summed E-state index contributed by atoms with van der Waals surface area (Å²) in [4.78, 5) is 0. The highest BCUT2D eigenvalue weighted by Crippen LogP contribution is 1.85. The standard InChI is InChI=1S/C7H8FN3/c8-2-1-3-11-6-7(4-9)5-10/h6,11H,1-3H2. The zero-order valence-electron chi connectivity index (χ0n) is 5.97. The second kappa shape index (κ2) is 6.57. The van der Waals surface area contributed by atoms with Gasteiger partial charge in [-0.1, -0.05) is 0 Å². The third-order valence-electron chi connectivity index (χ3n) is 0.942. The number of nitriles is 2. The Hall–Kier alpha value is -1.55. The molecule has 0 amide bonds. The van der Waals surface area contributed by atoms with Crippen molar-refractivity contribution in [1.82, 2.24) is 5.32 Å². The number of hydrogen-bond acceptors (Lipinski definition) is 3. The number of rotatable bonds is 4. The van der Waals surface area contributed by atoms with E-state index in [4.69, 9.17) is 10.5 Å². The lowest BCUT2D eigenvalue weighted by molar-refractivity contribution is 0.469. The Morgan fingerprint density at radius 1 is 1.45 bits per heavy atom. The molecule has 0 rings (SSSR count). The van der Waals surface area contributed by atoms with Gasteiger partial charge < -0.3 is 5.32 Å². The van der Waals surface area contributed by atoms with Crippen LogP contribution in [-0.2, 0) is 0 Å². The van der Waals surface area contributed by atoms with E-state index in [1.807, 2.05) is 0 Å². The van der Waals surface area contributed by atoms with Gasteiger partial charge in [0.05, 0.1) is 6.67 Å². The van der Waals surface area contributed by atoms with Gasteiger partial charge in [-0.15, -0.1) is 0 Å². The van der Waals surface area contributed by atoms with Crippen molar-refractivity contribution in [3.63, 3.8) is 0 Å². The molecule has 58 valence electrons. The second-order valence-electron chi connectivity index (χ2n) is 1.78. The zero-order chi connectivity index (χ0) is 8.53. The number of alkyl halides is 1. The summed E-state index contributed by atoms with van der Waals surface area (Å²) >= 11 is 0. The molecular weight excluding hydrogens is 145 g/mol. The summed E-state index contributed by atoms with van der Waals surface area (Å²) in [6.45, 7) is 0.0542. The summed E-state index contributed by atoms with van der Waals surface area (Å²) in [5.74, 6) is 0. The largest absolute Gasteiger partial charge is 0.389 e. The smallest absolute Gasteiger partial charge is 0.145 e. The van der Waals surface area contributed by atoms with E-state index in [9.17, 15) is 4.39 Å². The van der Waals surface area contributed by atoms with Crippen molar-refractivity contribution in [2.24, 2.45) is 0 Å². The Labute approximate surface area is 64.7 Å². The van der Waals surface area contributed by atoms with Crippen LogP contribution in [-0.4, -0.2) is 13.2 Å². The monoisotopic (exact) mass is 153 g/mol. The van der Waals surface area contributed by atoms with E-state index in [0.29, 0.717) is 13.0 Å². The van der Waals surface area contributed by atoms with Crippen molar-refractivity contribution >= 4 is 0 Å². The van der Waals surface area contributed by atoms with Gasteiger partial charge in [0.1, 0.15) is 17.7 Å². The van der Waals surface area contributed by atoms with Crippen LogP contribution in [0.2, 0.25) is 0 Å². The molecular formula is C7H8FN3. The first-order chi connectivity index (χ1) is 5.35. The molecule has 0 aliphatic heterocycles. The fourth-order valence-electron chi connectivity index (χ4n) is 0.433. The molecule has 0 atom stereocenters. The van der Waals surface area contributed by atoms with Gasteiger partial charge in [0.2, 0.25) is 0 Å². The van der Waals surface area contributed by atoms with Crippen LogP contribution in [0.15, 0.2) is 11.8 Å². The first-order valence-corrected chi connectivity index (χ1v) is 3.15. The van der Waals surface area contributed by atoms with Gasteiger partial charge in [0.25, 0.3) is 0 Å². The molecule has 0 fully saturated rings. The quantitative estimate of drug-likeness (QED) is 0.481. The maximum Gasteiger partial charge on any atom is 0.145 e. The van der Waals surface area contributed by atoms with Crippen LogP contribution < -0.4 is 5.32 Å². The number of hydrogen-bond donors (Lipinski definition) is 1. The van der Waals surface area contributed by atoms with Crippen LogP contribution >= 0.6 is 0 Å². The molecule has 0 radical (unpaired) electrons. The van der Waals surface area contributed by atoms with E-state index >= 15 is 0 Å². The zero-order valence-corrected chi connectivity index (χ0v) is 5.97. The van der Waals surface area contributed by atoms with Crippen LogP contribution in [0.25, 0.3) is 0 Å². The molecule has 3 nitrogen and oxygen atoms in total. The summed E-state index contributed by atoms with van der Waals surface area (Å²) in [5.41, 5.74) is 0.00357. The lowest BCUT2D eigenvalue weighted by Crippen LogP contribution is -2.08. The molecule has 0 spiro atoms. The average molecular weight is 153 g/mol. The van der Waals surface area contributed by atoms with Crippen LogP contribution in [0, 0.1) is 22.7 Å². The number of nitrogens with zero attached hydrogens (tertiary/aromatic N) is 2. The van der Waals surface area contributed by atoms with Crippen LogP contribution in [0.1, 0.15) is 6.42 Å². The molecule has 0 aliphatic carbocycles. The SMILES string of the molecule is N#CC(C#N)=CNCCCF. The molecule has 0 aromatic rings. The molecule has 4 heteroatoms. The highest BCUT2D eigenvalue weighted by Gasteiger charge is 1.88. The third-order valence-corrected chi connectivity index (χ3v) is 0.942. The Bertz CT molecular complexity index is 193. The molecule has 0 aromatic carbocycles. The maximum absolute atomic E-state index is 11.5. The molecule has 1 N–H and O–H groups in total. The van der Waals surface area contributed by atoms with Crippen molar-refractivity contribution in [3.8, 4) is 12.1 Å². The average Bonchev–Trinajstić information content (AvgIpc) is 2.05. The lowest BCUT2D eigenvalue weighted by atomic mass is 10.3. The molecule has 0 bridgehead atoms. The molecule has 0 aromatic heterocycles. The van der Waals surface area contributed by atoms with Gasteiger partial charge >= 0.3 is 0 Å². The van der Waals surface area contributed by atoms with E-state index in [1.54, 1.807) is 12.1 Å². The third kappa shape index (κ3) is 4.92. The summed E-state index contributed by atoms with van der Waals surface area (Å²) < 4.78 is 11.5. The van der Waals surface area contributed by atoms with Gasteiger partial charge in [-0.25, -0.2) is 0 Å². The van der Waals surface area contributed by atoms with Crippen molar-refractivity contribution in [2.45, 2.75) is 6.42 Å². The Kier molecular flexibility index (Phi) is 5.64. The van der Waals surface area contributed by atoms with E-state index < -0.39 is 6.67 Å². The summed E-state index contributed by atoms with van der Waals surface area (Å²) in [6.07, 6.45) is 1.68. The summed E-state index contributed by atoms with van der Waals surface area (Å²) in [7, 11) is 0. The minimum absolute atomic E-state index is 0.00357. The molecule has 0 saturated heterocycles. The topological polar surface area (TPSA) is 59.6 Å². The predicted molar refractivity (Wildman–Crippen MR) is 37.9 cm³/mol. The maximum atomic E-state index is 11.5. The van der Waals surface area contributed by atoms with Gasteiger partial charge in [-0.3, -0.25) is 4.39 Å². The Morgan fingerprint density at radius 2 is 2.09 bits per heavy atom. The number of allylic oxidation sites excluding steroid dienone is 1. The van der Waals surface area contributed by atoms with Crippen molar-refractivity contribution < 1.29 is 4.39 Å². The first kappa shape index (κ1) is 9.45. The minimum atomic E-state index is -0.394. The van der Waals surface area contributed by atoms with E-state index in [0.717, 1.165) is 0 Å². The molecule has 0 aliphatic rings. The van der Waals surface area contributed by atoms with Gasteiger partial charge in [-0.05, 0) is 6.42 Å². The van der Waals surface area contributed by atoms with Crippen LogP contribution in [0.5, 0.6) is 0 Å². The van der Waals surface area contributed by atoms with Gasteiger partial charge in [0, 0.05) is 12.7 Å². The molecule has 11 heavy (non-hydrogen) atoms. The van der Waals surface area contributed by atoms with Crippen molar-refractivity contribution in [2.75, 3.05) is 13.2 Å². The van der Waals surface area contributed by atoms with Crippen LogP contribution in [0.4, 0.5) is 4.39 Å². The van der Waals surface area contributed by atoms with Gasteiger partial charge in [-0.2, -0.15) is 10.5 Å². The van der Waals surface area contributed by atoms with E-state index in [2.05, 4.69) is 5.32 Å². The fourth-order valence-corrected chi connectivity index (χ4v) is 0.433. The first-order valence-electron chi connectivity index (χ1n) is 3.15. The molecule has 0 heterocycles. The molecule has 0 unspecified atom stereocenters. The summed E-state index contributed by atoms with van der Waals surface area (Å²) in [6, 6.07) is 3.34. The minimum Gasteiger partial charge on any atom is -0.389 e. The molecule has 0 saturated carbocycles. The van der Waals surface area contributed by atoms with Crippen molar-refractivity contribution in [1.29, 1.82) is 10.5 Å². The predicted octanol–water partition coefficient (Wildman–Crippen LogP) is 0.867. The van der Waals surface area contributed by atoms with E-state index in [-0.39, 0.29) is 5.57 Å². The van der Waals surface area contributed by atoms with Crippen molar-refractivity contribution in [3.05, 3.63) is 11.8 Å². The van der Waals surface area contributed by atoms with Gasteiger partial charge in [0.15, 0.2) is 0 Å². The lowest BCUT2D eigenvalue weighted by Gasteiger charge is -1.94. The summed E-state index contributed by atoms with van der Waals surface area (Å²) in [5, 5.41) is 19.1.